The van der Waals surface area contributed by atoms with Crippen LogP contribution in [0.3, 0.4) is 0 Å². The van der Waals surface area contributed by atoms with Gasteiger partial charge in [0.2, 0.25) is 0 Å². The molecule has 2 heterocycles. The first kappa shape index (κ1) is 9.13. The number of hydrogen-bond acceptors (Lipinski definition) is 3. The van der Waals surface area contributed by atoms with Crippen LogP contribution >= 0.6 is 0 Å². The molecular weight excluding hydrogens is 176 g/mol. The van der Waals surface area contributed by atoms with Crippen molar-refractivity contribution in [3.63, 3.8) is 0 Å². The highest BCUT2D eigenvalue weighted by molar-refractivity contribution is 5.06. The maximum atomic E-state index is 5.99. The molecule has 0 spiro atoms. The fourth-order valence-corrected chi connectivity index (χ4v) is 3.00. The summed E-state index contributed by atoms with van der Waals surface area (Å²) in [5, 5.41) is 3.73. The molecule has 3 unspecified atom stereocenters. The van der Waals surface area contributed by atoms with Crippen LogP contribution in [0.4, 0.5) is 0 Å². The van der Waals surface area contributed by atoms with Crippen LogP contribution in [0, 0.1) is 0 Å². The highest BCUT2D eigenvalue weighted by atomic mass is 16.5. The SMILES string of the molecule is NCC1(NC2CC2)CCC2CCC1O2. The number of nitrogens with one attached hydrogen (secondary N) is 1. The standard InChI is InChI=1S/C11H20N2O/c12-7-11(13-8-1-2-8)6-5-9-3-4-10(11)14-9/h8-10,13H,1-7,12H2. The quantitative estimate of drug-likeness (QED) is 0.701. The molecule has 3 heteroatoms. The van der Waals surface area contributed by atoms with Crippen molar-refractivity contribution < 1.29 is 4.74 Å². The van der Waals surface area contributed by atoms with Crippen LogP contribution in [0.5, 0.6) is 0 Å². The van der Waals surface area contributed by atoms with E-state index in [1.807, 2.05) is 0 Å². The summed E-state index contributed by atoms with van der Waals surface area (Å²) in [7, 11) is 0. The largest absolute Gasteiger partial charge is 0.373 e. The Hall–Kier alpha value is -0.120. The summed E-state index contributed by atoms with van der Waals surface area (Å²) >= 11 is 0. The predicted molar refractivity (Wildman–Crippen MR) is 55.1 cm³/mol. The second-order valence-electron chi connectivity index (χ2n) is 5.14. The summed E-state index contributed by atoms with van der Waals surface area (Å²) in [5.74, 6) is 0. The molecule has 3 nitrogen and oxygen atoms in total. The zero-order valence-corrected chi connectivity index (χ0v) is 8.67. The molecule has 80 valence electrons. The van der Waals surface area contributed by atoms with Gasteiger partial charge in [0.05, 0.1) is 17.7 Å². The Bertz CT molecular complexity index is 229. The number of fused-ring (bicyclic) bond motifs is 2. The van der Waals surface area contributed by atoms with Crippen molar-refractivity contribution in [2.24, 2.45) is 5.73 Å². The molecule has 0 aromatic rings. The molecule has 3 N–H and O–H groups in total. The highest BCUT2D eigenvalue weighted by Crippen LogP contribution is 2.40. The van der Waals surface area contributed by atoms with E-state index in [2.05, 4.69) is 5.32 Å². The number of ether oxygens (including phenoxy) is 1. The summed E-state index contributed by atoms with van der Waals surface area (Å²) in [6.45, 7) is 0.737. The van der Waals surface area contributed by atoms with E-state index in [1.165, 1.54) is 38.5 Å². The van der Waals surface area contributed by atoms with Crippen LogP contribution in [0.15, 0.2) is 0 Å². The molecule has 14 heavy (non-hydrogen) atoms. The van der Waals surface area contributed by atoms with Gasteiger partial charge in [0.15, 0.2) is 0 Å². The lowest BCUT2D eigenvalue weighted by Gasteiger charge is -2.42. The minimum absolute atomic E-state index is 0.119. The molecular formula is C11H20N2O. The Kier molecular flexibility index (Phi) is 2.08. The molecule has 3 fully saturated rings. The maximum Gasteiger partial charge on any atom is 0.0773 e. The Morgan fingerprint density at radius 1 is 1.21 bits per heavy atom. The predicted octanol–water partition coefficient (Wildman–Crippen LogP) is 0.777. The lowest BCUT2D eigenvalue weighted by Crippen LogP contribution is -2.61. The molecule has 3 atom stereocenters. The average Bonchev–Trinajstić information content (AvgIpc) is 2.93. The Labute approximate surface area is 85.4 Å². The van der Waals surface area contributed by atoms with Crippen molar-refractivity contribution in [1.82, 2.24) is 5.32 Å². The second-order valence-corrected chi connectivity index (χ2v) is 5.14. The summed E-state index contributed by atoms with van der Waals surface area (Å²) in [6, 6.07) is 0.735. The van der Waals surface area contributed by atoms with E-state index >= 15 is 0 Å². The minimum atomic E-state index is 0.119. The van der Waals surface area contributed by atoms with Gasteiger partial charge in [-0.1, -0.05) is 0 Å². The van der Waals surface area contributed by atoms with Crippen molar-refractivity contribution in [2.45, 2.75) is 62.3 Å². The third-order valence-electron chi connectivity index (χ3n) is 4.07. The van der Waals surface area contributed by atoms with Gasteiger partial charge in [-0.25, -0.2) is 0 Å². The smallest absolute Gasteiger partial charge is 0.0773 e. The fraction of sp³-hybridized carbons (Fsp3) is 1.00. The van der Waals surface area contributed by atoms with E-state index in [9.17, 15) is 0 Å². The fourth-order valence-electron chi connectivity index (χ4n) is 3.00. The van der Waals surface area contributed by atoms with Crippen LogP contribution in [-0.4, -0.2) is 30.3 Å². The molecule has 1 aliphatic carbocycles. The number of hydrogen-bond donors (Lipinski definition) is 2. The van der Waals surface area contributed by atoms with Gasteiger partial charge >= 0.3 is 0 Å². The first-order valence-electron chi connectivity index (χ1n) is 5.96. The first-order chi connectivity index (χ1) is 6.82. The first-order valence-corrected chi connectivity index (χ1v) is 5.96. The lowest BCUT2D eigenvalue weighted by molar-refractivity contribution is -0.0565. The van der Waals surface area contributed by atoms with Crippen molar-refractivity contribution in [2.75, 3.05) is 6.54 Å². The van der Waals surface area contributed by atoms with Crippen LogP contribution < -0.4 is 11.1 Å². The van der Waals surface area contributed by atoms with Gasteiger partial charge in [0.25, 0.3) is 0 Å². The minimum Gasteiger partial charge on any atom is -0.373 e. The maximum absolute atomic E-state index is 5.99. The third kappa shape index (κ3) is 1.38. The molecule has 3 rings (SSSR count). The molecule has 1 saturated carbocycles. The van der Waals surface area contributed by atoms with Gasteiger partial charge in [-0.05, 0) is 38.5 Å². The monoisotopic (exact) mass is 196 g/mol. The van der Waals surface area contributed by atoms with Gasteiger partial charge in [-0.2, -0.15) is 0 Å². The summed E-state index contributed by atoms with van der Waals surface area (Å²) in [4.78, 5) is 0. The number of rotatable bonds is 3. The molecule has 3 aliphatic rings. The second kappa shape index (κ2) is 3.19. The lowest BCUT2D eigenvalue weighted by atomic mass is 9.85. The van der Waals surface area contributed by atoms with E-state index in [4.69, 9.17) is 10.5 Å². The topological polar surface area (TPSA) is 47.3 Å². The Morgan fingerprint density at radius 3 is 2.79 bits per heavy atom. The van der Waals surface area contributed by atoms with Gasteiger partial charge in [0, 0.05) is 12.6 Å². The molecule has 0 aromatic heterocycles. The van der Waals surface area contributed by atoms with Crippen molar-refractivity contribution in [3.8, 4) is 0 Å². The Balaban J connectivity index is 1.76. The normalized spacial score (nSPS) is 46.9. The molecule has 2 saturated heterocycles. The summed E-state index contributed by atoms with van der Waals surface area (Å²) in [6.07, 6.45) is 8.48. The zero-order chi connectivity index (χ0) is 9.60. The van der Waals surface area contributed by atoms with Crippen molar-refractivity contribution in [3.05, 3.63) is 0 Å². The molecule has 0 aromatic carbocycles. The van der Waals surface area contributed by atoms with E-state index in [-0.39, 0.29) is 5.54 Å². The van der Waals surface area contributed by atoms with Crippen LogP contribution in [0.2, 0.25) is 0 Å². The van der Waals surface area contributed by atoms with E-state index in [0.717, 1.165) is 12.6 Å². The van der Waals surface area contributed by atoms with E-state index in [1.54, 1.807) is 0 Å². The van der Waals surface area contributed by atoms with Crippen molar-refractivity contribution in [1.29, 1.82) is 0 Å². The highest BCUT2D eigenvalue weighted by Gasteiger charge is 2.48. The Morgan fingerprint density at radius 2 is 2.07 bits per heavy atom. The van der Waals surface area contributed by atoms with Crippen LogP contribution in [0.1, 0.15) is 38.5 Å². The van der Waals surface area contributed by atoms with Gasteiger partial charge < -0.3 is 15.8 Å². The molecule has 2 aliphatic heterocycles. The van der Waals surface area contributed by atoms with Gasteiger partial charge in [-0.3, -0.25) is 0 Å². The molecule has 0 amide bonds. The van der Waals surface area contributed by atoms with E-state index < -0.39 is 0 Å². The number of nitrogens with two attached hydrogens (primary N) is 1. The van der Waals surface area contributed by atoms with Gasteiger partial charge in [-0.15, -0.1) is 0 Å². The van der Waals surface area contributed by atoms with Crippen LogP contribution in [-0.2, 0) is 4.74 Å². The molecule has 0 radical (unpaired) electrons. The average molecular weight is 196 g/mol. The molecule has 2 bridgehead atoms. The van der Waals surface area contributed by atoms with Gasteiger partial charge in [0.1, 0.15) is 0 Å². The zero-order valence-electron chi connectivity index (χ0n) is 8.67. The third-order valence-corrected chi connectivity index (χ3v) is 4.07. The van der Waals surface area contributed by atoms with Crippen molar-refractivity contribution >= 4 is 0 Å². The summed E-state index contributed by atoms with van der Waals surface area (Å²) < 4.78 is 5.99. The van der Waals surface area contributed by atoms with E-state index in [0.29, 0.717) is 12.2 Å². The summed E-state index contributed by atoms with van der Waals surface area (Å²) in [5.41, 5.74) is 6.08. The van der Waals surface area contributed by atoms with Crippen LogP contribution in [0.25, 0.3) is 0 Å².